The minimum Gasteiger partial charge on any atom is -0.378 e. The molecule has 0 aromatic carbocycles. The highest BCUT2D eigenvalue weighted by Crippen LogP contribution is 2.10. The van der Waals surface area contributed by atoms with E-state index in [4.69, 9.17) is 4.74 Å². The number of nitrogens with one attached hydrogen (secondary N) is 2. The number of hydrogen-bond acceptors (Lipinski definition) is 5. The van der Waals surface area contributed by atoms with Gasteiger partial charge in [-0.3, -0.25) is 4.79 Å². The average molecular weight is 241 g/mol. The van der Waals surface area contributed by atoms with Gasteiger partial charge in [0.1, 0.15) is 11.0 Å². The third kappa shape index (κ3) is 3.01. The molecule has 88 valence electrons. The van der Waals surface area contributed by atoms with Gasteiger partial charge in [0.15, 0.2) is 0 Å². The zero-order valence-corrected chi connectivity index (χ0v) is 9.97. The van der Waals surface area contributed by atoms with Crippen LogP contribution in [-0.4, -0.2) is 36.7 Å². The summed E-state index contributed by atoms with van der Waals surface area (Å²) in [6.45, 7) is 4.35. The first-order valence-electron chi connectivity index (χ1n) is 5.26. The van der Waals surface area contributed by atoms with E-state index >= 15 is 0 Å². The van der Waals surface area contributed by atoms with E-state index in [-0.39, 0.29) is 11.9 Å². The Morgan fingerprint density at radius 3 is 3.31 bits per heavy atom. The van der Waals surface area contributed by atoms with Crippen molar-refractivity contribution >= 4 is 17.2 Å². The number of ether oxygens (including phenoxy) is 1. The molecular weight excluding hydrogens is 226 g/mol. The monoisotopic (exact) mass is 241 g/mol. The lowest BCUT2D eigenvalue weighted by Gasteiger charge is -2.22. The van der Waals surface area contributed by atoms with Crippen LogP contribution in [0.15, 0.2) is 6.20 Å². The van der Waals surface area contributed by atoms with Crippen LogP contribution >= 0.6 is 11.3 Å². The quantitative estimate of drug-likeness (QED) is 0.785. The minimum atomic E-state index is -0.227. The van der Waals surface area contributed by atoms with E-state index in [0.717, 1.165) is 16.4 Å². The molecule has 1 atom stereocenters. The summed E-state index contributed by atoms with van der Waals surface area (Å²) in [7, 11) is 0. The van der Waals surface area contributed by atoms with Crippen molar-refractivity contribution in [1.29, 1.82) is 0 Å². The molecule has 1 aromatic rings. The number of rotatable bonds is 3. The number of nitrogens with zero attached hydrogens (tertiary/aromatic N) is 1. The molecule has 1 aliphatic rings. The van der Waals surface area contributed by atoms with Crippen LogP contribution in [0, 0.1) is 6.92 Å². The number of thiazole rings is 1. The number of morpholine rings is 1. The SMILES string of the molecule is Cc1cnc(CNC(=O)C2COCCN2)s1. The van der Waals surface area contributed by atoms with Crippen LogP contribution in [0.1, 0.15) is 9.88 Å². The lowest BCUT2D eigenvalue weighted by atomic mass is 10.2. The van der Waals surface area contributed by atoms with Gasteiger partial charge in [-0.05, 0) is 6.92 Å². The van der Waals surface area contributed by atoms with E-state index in [1.165, 1.54) is 0 Å². The van der Waals surface area contributed by atoms with Crippen molar-refractivity contribution in [1.82, 2.24) is 15.6 Å². The zero-order valence-electron chi connectivity index (χ0n) is 9.16. The fourth-order valence-corrected chi connectivity index (χ4v) is 2.23. The molecule has 6 heteroatoms. The largest absolute Gasteiger partial charge is 0.378 e. The highest BCUT2D eigenvalue weighted by Gasteiger charge is 2.20. The number of hydrogen-bond donors (Lipinski definition) is 2. The van der Waals surface area contributed by atoms with Gasteiger partial charge < -0.3 is 15.4 Å². The van der Waals surface area contributed by atoms with Gasteiger partial charge in [0, 0.05) is 17.6 Å². The first-order chi connectivity index (χ1) is 7.75. The molecule has 0 radical (unpaired) electrons. The molecule has 1 fully saturated rings. The highest BCUT2D eigenvalue weighted by molar-refractivity contribution is 7.11. The number of aryl methyl sites for hydroxylation is 1. The molecular formula is C10H15N3O2S. The maximum Gasteiger partial charge on any atom is 0.239 e. The van der Waals surface area contributed by atoms with Crippen LogP contribution in [0.4, 0.5) is 0 Å². The topological polar surface area (TPSA) is 63.2 Å². The summed E-state index contributed by atoms with van der Waals surface area (Å²) in [5, 5.41) is 6.89. The van der Waals surface area contributed by atoms with E-state index in [9.17, 15) is 4.79 Å². The Hall–Kier alpha value is -0.980. The predicted octanol–water partition coefficient (Wildman–Crippen LogP) is 0.0561. The molecule has 2 N–H and O–H groups in total. The van der Waals surface area contributed by atoms with Gasteiger partial charge in [0.05, 0.1) is 19.8 Å². The van der Waals surface area contributed by atoms with E-state index in [1.807, 2.05) is 13.1 Å². The second-order valence-electron chi connectivity index (χ2n) is 3.66. The second kappa shape index (κ2) is 5.38. The van der Waals surface area contributed by atoms with Gasteiger partial charge in [-0.15, -0.1) is 11.3 Å². The highest BCUT2D eigenvalue weighted by atomic mass is 32.1. The first kappa shape index (κ1) is 11.5. The summed E-state index contributed by atoms with van der Waals surface area (Å²) in [5.74, 6) is -0.0208. The molecule has 2 rings (SSSR count). The van der Waals surface area contributed by atoms with Gasteiger partial charge in [-0.1, -0.05) is 0 Å². The Labute approximate surface area is 98.2 Å². The van der Waals surface area contributed by atoms with Crippen LogP contribution in [0.25, 0.3) is 0 Å². The smallest absolute Gasteiger partial charge is 0.239 e. The molecule has 1 aliphatic heterocycles. The van der Waals surface area contributed by atoms with E-state index < -0.39 is 0 Å². The third-order valence-electron chi connectivity index (χ3n) is 2.32. The number of amides is 1. The molecule has 0 saturated carbocycles. The number of carbonyl (C=O) groups excluding carboxylic acids is 1. The summed E-state index contributed by atoms with van der Waals surface area (Å²) in [5.41, 5.74) is 0. The summed E-state index contributed by atoms with van der Waals surface area (Å²) in [6, 6.07) is -0.227. The maximum absolute atomic E-state index is 11.7. The number of aromatic nitrogens is 1. The van der Waals surface area contributed by atoms with Gasteiger partial charge in [0.2, 0.25) is 5.91 Å². The lowest BCUT2D eigenvalue weighted by Crippen LogP contribution is -2.51. The second-order valence-corrected chi connectivity index (χ2v) is 4.98. The standard InChI is InChI=1S/C10H15N3O2S/c1-7-4-12-9(16-7)5-13-10(14)8-6-15-3-2-11-8/h4,8,11H,2-3,5-6H2,1H3,(H,13,14). The van der Waals surface area contributed by atoms with Crippen LogP contribution in [0.5, 0.6) is 0 Å². The normalized spacial score (nSPS) is 20.7. The van der Waals surface area contributed by atoms with Gasteiger partial charge in [-0.25, -0.2) is 4.98 Å². The van der Waals surface area contributed by atoms with Crippen molar-refractivity contribution in [2.24, 2.45) is 0 Å². The van der Waals surface area contributed by atoms with E-state index in [2.05, 4.69) is 15.6 Å². The molecule has 1 saturated heterocycles. The first-order valence-corrected chi connectivity index (χ1v) is 6.07. The Morgan fingerprint density at radius 2 is 2.69 bits per heavy atom. The summed E-state index contributed by atoms with van der Waals surface area (Å²) in [6.07, 6.45) is 1.81. The molecule has 16 heavy (non-hydrogen) atoms. The van der Waals surface area contributed by atoms with Crippen molar-refractivity contribution in [3.63, 3.8) is 0 Å². The molecule has 2 heterocycles. The molecule has 5 nitrogen and oxygen atoms in total. The van der Waals surface area contributed by atoms with Crippen LogP contribution in [0.3, 0.4) is 0 Å². The molecule has 0 spiro atoms. The van der Waals surface area contributed by atoms with Crippen LogP contribution in [-0.2, 0) is 16.1 Å². The number of carbonyl (C=O) groups is 1. The molecule has 0 aliphatic carbocycles. The third-order valence-corrected chi connectivity index (χ3v) is 3.23. The molecule has 0 bridgehead atoms. The Bertz CT molecular complexity index is 361. The fraction of sp³-hybridized carbons (Fsp3) is 0.600. The van der Waals surface area contributed by atoms with Crippen molar-refractivity contribution in [2.45, 2.75) is 19.5 Å². The van der Waals surface area contributed by atoms with Gasteiger partial charge in [-0.2, -0.15) is 0 Å². The minimum absolute atomic E-state index is 0.0208. The Balaban J connectivity index is 1.78. The lowest BCUT2D eigenvalue weighted by molar-refractivity contribution is -0.126. The van der Waals surface area contributed by atoms with Crippen molar-refractivity contribution in [2.75, 3.05) is 19.8 Å². The summed E-state index contributed by atoms with van der Waals surface area (Å²) < 4.78 is 5.22. The van der Waals surface area contributed by atoms with Crippen molar-refractivity contribution in [3.8, 4) is 0 Å². The molecule has 1 amide bonds. The molecule has 1 aromatic heterocycles. The average Bonchev–Trinajstić information content (AvgIpc) is 2.73. The van der Waals surface area contributed by atoms with E-state index in [0.29, 0.717) is 19.8 Å². The Morgan fingerprint density at radius 1 is 1.81 bits per heavy atom. The molecule has 1 unspecified atom stereocenters. The summed E-state index contributed by atoms with van der Waals surface area (Å²) >= 11 is 1.60. The van der Waals surface area contributed by atoms with Crippen molar-refractivity contribution < 1.29 is 9.53 Å². The Kier molecular flexibility index (Phi) is 3.87. The van der Waals surface area contributed by atoms with Crippen LogP contribution < -0.4 is 10.6 Å². The van der Waals surface area contributed by atoms with Gasteiger partial charge in [0.25, 0.3) is 0 Å². The van der Waals surface area contributed by atoms with Crippen molar-refractivity contribution in [3.05, 3.63) is 16.1 Å². The zero-order chi connectivity index (χ0) is 11.4. The van der Waals surface area contributed by atoms with Gasteiger partial charge >= 0.3 is 0 Å². The fourth-order valence-electron chi connectivity index (χ4n) is 1.50. The van der Waals surface area contributed by atoms with Crippen LogP contribution in [0.2, 0.25) is 0 Å². The van der Waals surface area contributed by atoms with E-state index in [1.54, 1.807) is 11.3 Å². The maximum atomic E-state index is 11.7. The predicted molar refractivity (Wildman–Crippen MR) is 61.3 cm³/mol. The summed E-state index contributed by atoms with van der Waals surface area (Å²) in [4.78, 5) is 17.0.